The lowest BCUT2D eigenvalue weighted by molar-refractivity contribution is -0.137. The Morgan fingerprint density at radius 3 is 2.48 bits per heavy atom. The van der Waals surface area contributed by atoms with Crippen LogP contribution in [-0.4, -0.2) is 24.0 Å². The molecular formula is C19H22ClNO2. The topological polar surface area (TPSA) is 29.5 Å². The Morgan fingerprint density at radius 1 is 1.17 bits per heavy atom. The number of benzene rings is 2. The SMILES string of the molecule is Cc1cccc(O[C@H](C)C(=O)N(C)Cc2ccc(Cl)cc2)c1C. The van der Waals surface area contributed by atoms with Crippen LogP contribution in [0, 0.1) is 13.8 Å². The average Bonchev–Trinajstić information content (AvgIpc) is 2.53. The van der Waals surface area contributed by atoms with E-state index in [0.717, 1.165) is 22.4 Å². The molecule has 2 aromatic rings. The van der Waals surface area contributed by atoms with Crippen molar-refractivity contribution in [3.05, 3.63) is 64.2 Å². The van der Waals surface area contributed by atoms with Crippen molar-refractivity contribution >= 4 is 17.5 Å². The van der Waals surface area contributed by atoms with E-state index in [-0.39, 0.29) is 5.91 Å². The van der Waals surface area contributed by atoms with E-state index in [2.05, 4.69) is 0 Å². The number of hydrogen-bond donors (Lipinski definition) is 0. The Balaban J connectivity index is 2.01. The van der Waals surface area contributed by atoms with Crippen molar-refractivity contribution < 1.29 is 9.53 Å². The molecule has 23 heavy (non-hydrogen) atoms. The maximum Gasteiger partial charge on any atom is 0.263 e. The average molecular weight is 332 g/mol. The van der Waals surface area contributed by atoms with Gasteiger partial charge in [0, 0.05) is 18.6 Å². The van der Waals surface area contributed by atoms with Crippen molar-refractivity contribution in [2.45, 2.75) is 33.4 Å². The predicted molar refractivity (Wildman–Crippen MR) is 93.9 cm³/mol. The number of rotatable bonds is 5. The number of nitrogens with zero attached hydrogens (tertiary/aromatic N) is 1. The van der Waals surface area contributed by atoms with E-state index in [0.29, 0.717) is 11.6 Å². The summed E-state index contributed by atoms with van der Waals surface area (Å²) in [6.45, 7) is 6.33. The van der Waals surface area contributed by atoms with E-state index in [4.69, 9.17) is 16.3 Å². The number of ether oxygens (including phenoxy) is 1. The van der Waals surface area contributed by atoms with Crippen LogP contribution in [0.3, 0.4) is 0 Å². The molecule has 0 bridgehead atoms. The molecule has 1 atom stereocenters. The van der Waals surface area contributed by atoms with Gasteiger partial charge in [-0.05, 0) is 55.7 Å². The molecular weight excluding hydrogens is 310 g/mol. The van der Waals surface area contributed by atoms with E-state index in [1.165, 1.54) is 0 Å². The van der Waals surface area contributed by atoms with Gasteiger partial charge < -0.3 is 9.64 Å². The van der Waals surface area contributed by atoms with Crippen molar-refractivity contribution in [1.82, 2.24) is 4.90 Å². The van der Waals surface area contributed by atoms with Gasteiger partial charge in [-0.1, -0.05) is 35.9 Å². The number of halogens is 1. The van der Waals surface area contributed by atoms with E-state index in [1.54, 1.807) is 18.9 Å². The summed E-state index contributed by atoms with van der Waals surface area (Å²) in [7, 11) is 1.78. The minimum Gasteiger partial charge on any atom is -0.481 e. The first-order chi connectivity index (χ1) is 10.9. The molecule has 2 rings (SSSR count). The second kappa shape index (κ2) is 7.51. The standard InChI is InChI=1S/C19H22ClNO2/c1-13-6-5-7-18(14(13)2)23-15(3)19(22)21(4)12-16-8-10-17(20)11-9-16/h5-11,15H,12H2,1-4H3/t15-/m1/s1. The summed E-state index contributed by atoms with van der Waals surface area (Å²) in [4.78, 5) is 14.2. The van der Waals surface area contributed by atoms with Crippen LogP contribution in [0.25, 0.3) is 0 Å². The minimum atomic E-state index is -0.534. The highest BCUT2D eigenvalue weighted by atomic mass is 35.5. The van der Waals surface area contributed by atoms with Crippen molar-refractivity contribution in [3.63, 3.8) is 0 Å². The van der Waals surface area contributed by atoms with Gasteiger partial charge in [-0.3, -0.25) is 4.79 Å². The molecule has 2 aromatic carbocycles. The molecule has 0 saturated carbocycles. The maximum atomic E-state index is 12.5. The lowest BCUT2D eigenvalue weighted by Crippen LogP contribution is -2.37. The van der Waals surface area contributed by atoms with Gasteiger partial charge in [0.05, 0.1) is 0 Å². The first-order valence-electron chi connectivity index (χ1n) is 7.60. The Bertz CT molecular complexity index is 682. The number of likely N-dealkylation sites (N-methyl/N-ethyl adjacent to an activating group) is 1. The normalized spacial score (nSPS) is 11.9. The van der Waals surface area contributed by atoms with Crippen LogP contribution in [0.1, 0.15) is 23.6 Å². The molecule has 122 valence electrons. The van der Waals surface area contributed by atoms with Gasteiger partial charge in [0.2, 0.25) is 0 Å². The maximum absolute atomic E-state index is 12.5. The summed E-state index contributed by atoms with van der Waals surface area (Å²) < 4.78 is 5.85. The third-order valence-corrected chi connectivity index (χ3v) is 4.17. The van der Waals surface area contributed by atoms with Crippen LogP contribution in [0.5, 0.6) is 5.75 Å². The largest absolute Gasteiger partial charge is 0.481 e. The van der Waals surface area contributed by atoms with E-state index >= 15 is 0 Å². The highest BCUT2D eigenvalue weighted by molar-refractivity contribution is 6.30. The molecule has 0 heterocycles. The summed E-state index contributed by atoms with van der Waals surface area (Å²) in [5, 5.41) is 0.689. The van der Waals surface area contributed by atoms with Gasteiger partial charge in [0.15, 0.2) is 6.10 Å². The molecule has 1 amide bonds. The quantitative estimate of drug-likeness (QED) is 0.813. The van der Waals surface area contributed by atoms with Crippen molar-refractivity contribution in [2.24, 2.45) is 0 Å². The molecule has 0 N–H and O–H groups in total. The smallest absolute Gasteiger partial charge is 0.263 e. The highest BCUT2D eigenvalue weighted by Gasteiger charge is 2.20. The van der Waals surface area contributed by atoms with Crippen molar-refractivity contribution in [2.75, 3.05) is 7.05 Å². The molecule has 0 aliphatic carbocycles. The number of hydrogen-bond acceptors (Lipinski definition) is 2. The minimum absolute atomic E-state index is 0.0548. The molecule has 0 spiro atoms. The molecule has 3 nitrogen and oxygen atoms in total. The third kappa shape index (κ3) is 4.49. The van der Waals surface area contributed by atoms with Gasteiger partial charge in [0.25, 0.3) is 5.91 Å². The van der Waals surface area contributed by atoms with Crippen LogP contribution in [0.4, 0.5) is 0 Å². The zero-order chi connectivity index (χ0) is 17.0. The van der Waals surface area contributed by atoms with Gasteiger partial charge in [0.1, 0.15) is 5.75 Å². The zero-order valence-corrected chi connectivity index (χ0v) is 14.7. The fourth-order valence-electron chi connectivity index (χ4n) is 2.34. The second-order valence-corrected chi connectivity index (χ2v) is 6.22. The van der Waals surface area contributed by atoms with Crippen molar-refractivity contribution in [1.29, 1.82) is 0 Å². The molecule has 0 fully saturated rings. The monoisotopic (exact) mass is 331 g/mol. The van der Waals surface area contributed by atoms with Crippen molar-refractivity contribution in [3.8, 4) is 5.75 Å². The van der Waals surface area contributed by atoms with Gasteiger partial charge >= 0.3 is 0 Å². The highest BCUT2D eigenvalue weighted by Crippen LogP contribution is 2.22. The Labute approximate surface area is 142 Å². The fraction of sp³-hybridized carbons (Fsp3) is 0.316. The number of carbonyl (C=O) groups is 1. The van der Waals surface area contributed by atoms with E-state index < -0.39 is 6.10 Å². The lowest BCUT2D eigenvalue weighted by atomic mass is 10.1. The molecule has 4 heteroatoms. The lowest BCUT2D eigenvalue weighted by Gasteiger charge is -2.23. The Morgan fingerprint density at radius 2 is 1.83 bits per heavy atom. The van der Waals surface area contributed by atoms with Crippen LogP contribution >= 0.6 is 11.6 Å². The number of carbonyl (C=O) groups excluding carboxylic acids is 1. The van der Waals surface area contributed by atoms with E-state index in [1.807, 2.05) is 56.3 Å². The summed E-state index contributed by atoms with van der Waals surface area (Å²) in [5.41, 5.74) is 3.24. The summed E-state index contributed by atoms with van der Waals surface area (Å²) >= 11 is 5.88. The first kappa shape index (κ1) is 17.4. The Hall–Kier alpha value is -2.00. The second-order valence-electron chi connectivity index (χ2n) is 5.78. The molecule has 0 unspecified atom stereocenters. The van der Waals surface area contributed by atoms with Crippen LogP contribution < -0.4 is 4.74 Å². The van der Waals surface area contributed by atoms with Crippen LogP contribution in [0.2, 0.25) is 5.02 Å². The number of amides is 1. The third-order valence-electron chi connectivity index (χ3n) is 3.92. The van der Waals surface area contributed by atoms with Crippen LogP contribution in [-0.2, 0) is 11.3 Å². The summed E-state index contributed by atoms with van der Waals surface area (Å²) in [6, 6.07) is 13.3. The van der Waals surface area contributed by atoms with Gasteiger partial charge in [-0.15, -0.1) is 0 Å². The molecule has 0 aliphatic rings. The van der Waals surface area contributed by atoms with Gasteiger partial charge in [-0.2, -0.15) is 0 Å². The van der Waals surface area contributed by atoms with Crippen LogP contribution in [0.15, 0.2) is 42.5 Å². The molecule has 0 aliphatic heterocycles. The fourth-order valence-corrected chi connectivity index (χ4v) is 2.47. The first-order valence-corrected chi connectivity index (χ1v) is 7.98. The van der Waals surface area contributed by atoms with Gasteiger partial charge in [-0.25, -0.2) is 0 Å². The summed E-state index contributed by atoms with van der Waals surface area (Å²) in [6.07, 6.45) is -0.534. The summed E-state index contributed by atoms with van der Waals surface area (Å²) in [5.74, 6) is 0.701. The van der Waals surface area contributed by atoms with E-state index in [9.17, 15) is 4.79 Å². The molecule has 0 radical (unpaired) electrons. The predicted octanol–water partition coefficient (Wildman–Crippen LogP) is 4.38. The zero-order valence-electron chi connectivity index (χ0n) is 14.0. The Kier molecular flexibility index (Phi) is 5.67. The number of aryl methyl sites for hydroxylation is 1. The molecule has 0 saturated heterocycles. The molecule has 0 aromatic heterocycles.